The molecule has 0 N–H and O–H groups in total. The van der Waals surface area contributed by atoms with E-state index >= 15 is 0 Å². The van der Waals surface area contributed by atoms with Crippen LogP contribution in [0.2, 0.25) is 5.02 Å². The minimum atomic E-state index is 0.152. The molecule has 1 amide bonds. The highest BCUT2D eigenvalue weighted by Gasteiger charge is 2.45. The Morgan fingerprint density at radius 1 is 1.32 bits per heavy atom. The SMILES string of the molecule is CN(C)C(=O)[C@H]1CC1C1=CCC(c2ncn(C)c2Sc2ccc(Cl)cn2)C=C1. The molecule has 2 unspecified atom stereocenters. The summed E-state index contributed by atoms with van der Waals surface area (Å²) in [5.74, 6) is 1.00. The van der Waals surface area contributed by atoms with E-state index in [4.69, 9.17) is 11.6 Å². The summed E-state index contributed by atoms with van der Waals surface area (Å²) in [6.07, 6.45) is 12.1. The van der Waals surface area contributed by atoms with Crippen LogP contribution in [0.5, 0.6) is 0 Å². The molecule has 0 radical (unpaired) electrons. The number of carbonyl (C=O) groups excluding carboxylic acids is 1. The van der Waals surface area contributed by atoms with Crippen molar-refractivity contribution in [1.29, 1.82) is 0 Å². The topological polar surface area (TPSA) is 51.0 Å². The molecule has 3 atom stereocenters. The van der Waals surface area contributed by atoms with Gasteiger partial charge in [-0.2, -0.15) is 0 Å². The fourth-order valence-electron chi connectivity index (χ4n) is 3.62. The van der Waals surface area contributed by atoms with Crippen LogP contribution in [-0.4, -0.2) is 39.4 Å². The number of halogens is 1. The molecule has 1 fully saturated rings. The minimum absolute atomic E-state index is 0.152. The zero-order valence-electron chi connectivity index (χ0n) is 16.2. The molecular formula is C21H23ClN4OS. The number of pyridine rings is 1. The zero-order valence-corrected chi connectivity index (χ0v) is 17.7. The number of aryl methyl sites for hydroxylation is 1. The van der Waals surface area contributed by atoms with E-state index in [2.05, 4.69) is 28.2 Å². The number of imidazole rings is 1. The molecule has 0 aliphatic heterocycles. The predicted molar refractivity (Wildman–Crippen MR) is 111 cm³/mol. The maximum Gasteiger partial charge on any atom is 0.225 e. The molecule has 2 heterocycles. The standard InChI is InChI=1S/C21H23ClN4OS/c1-25(2)20(27)17-10-16(17)13-4-6-14(7-5-13)19-21(26(3)12-24-19)28-18-9-8-15(22)11-23-18/h4-6,8-9,11-12,14,16-17H,7,10H2,1-3H3/t14?,16?,17-/m0/s1. The van der Waals surface area contributed by atoms with Crippen molar-refractivity contribution >= 4 is 29.3 Å². The average molecular weight is 415 g/mol. The molecule has 1 saturated carbocycles. The fraction of sp³-hybridized carbons (Fsp3) is 0.381. The molecule has 2 aromatic heterocycles. The van der Waals surface area contributed by atoms with Crippen molar-refractivity contribution in [1.82, 2.24) is 19.4 Å². The van der Waals surface area contributed by atoms with Crippen molar-refractivity contribution in [3.63, 3.8) is 0 Å². The summed E-state index contributed by atoms with van der Waals surface area (Å²) in [6, 6.07) is 3.77. The lowest BCUT2D eigenvalue weighted by Crippen LogP contribution is -2.24. The van der Waals surface area contributed by atoms with E-state index in [0.29, 0.717) is 10.9 Å². The Morgan fingerprint density at radius 3 is 2.79 bits per heavy atom. The van der Waals surface area contributed by atoms with Gasteiger partial charge in [-0.3, -0.25) is 4.79 Å². The maximum atomic E-state index is 12.1. The number of carbonyl (C=O) groups is 1. The van der Waals surface area contributed by atoms with Crippen molar-refractivity contribution in [3.05, 3.63) is 59.2 Å². The normalized spacial score (nSPS) is 23.4. The molecule has 5 nitrogen and oxygen atoms in total. The lowest BCUT2D eigenvalue weighted by atomic mass is 9.92. The van der Waals surface area contributed by atoms with Crippen LogP contribution in [0.1, 0.15) is 24.5 Å². The van der Waals surface area contributed by atoms with Crippen LogP contribution < -0.4 is 0 Å². The molecule has 28 heavy (non-hydrogen) atoms. The summed E-state index contributed by atoms with van der Waals surface area (Å²) in [5, 5.41) is 2.62. The molecule has 2 aliphatic rings. The van der Waals surface area contributed by atoms with Gasteiger partial charge in [-0.15, -0.1) is 0 Å². The number of aromatic nitrogens is 3. The van der Waals surface area contributed by atoms with Gasteiger partial charge in [0.2, 0.25) is 5.91 Å². The van der Waals surface area contributed by atoms with Gasteiger partial charge in [0.05, 0.1) is 17.0 Å². The third-order valence-electron chi connectivity index (χ3n) is 5.27. The van der Waals surface area contributed by atoms with Crippen LogP contribution in [0.4, 0.5) is 0 Å². The maximum absolute atomic E-state index is 12.1. The second kappa shape index (κ2) is 7.76. The first-order chi connectivity index (χ1) is 13.4. The second-order valence-electron chi connectivity index (χ2n) is 7.55. The molecule has 7 heteroatoms. The average Bonchev–Trinajstić information content (AvgIpc) is 3.41. The van der Waals surface area contributed by atoms with Crippen molar-refractivity contribution in [3.8, 4) is 0 Å². The second-order valence-corrected chi connectivity index (χ2v) is 8.99. The number of rotatable bonds is 5. The Bertz CT molecular complexity index is 948. The molecule has 2 aromatic rings. The zero-order chi connectivity index (χ0) is 19.8. The monoisotopic (exact) mass is 414 g/mol. The number of nitrogens with zero attached hydrogens (tertiary/aromatic N) is 4. The van der Waals surface area contributed by atoms with Gasteiger partial charge in [0, 0.05) is 39.2 Å². The number of allylic oxidation sites excluding steroid dienone is 4. The minimum Gasteiger partial charge on any atom is -0.349 e. The first kappa shape index (κ1) is 19.3. The van der Waals surface area contributed by atoms with Gasteiger partial charge in [-0.25, -0.2) is 9.97 Å². The highest BCUT2D eigenvalue weighted by molar-refractivity contribution is 7.99. The number of amides is 1. The number of hydrogen-bond donors (Lipinski definition) is 0. The van der Waals surface area contributed by atoms with E-state index in [-0.39, 0.29) is 17.7 Å². The van der Waals surface area contributed by atoms with Gasteiger partial charge < -0.3 is 9.47 Å². The van der Waals surface area contributed by atoms with Gasteiger partial charge in [0.1, 0.15) is 10.1 Å². The van der Waals surface area contributed by atoms with Crippen molar-refractivity contribution in [2.45, 2.75) is 28.8 Å². The molecule has 0 bridgehead atoms. The molecule has 146 valence electrons. The molecule has 0 spiro atoms. The summed E-state index contributed by atoms with van der Waals surface area (Å²) in [6.45, 7) is 0. The van der Waals surface area contributed by atoms with Crippen molar-refractivity contribution in [2.24, 2.45) is 18.9 Å². The molecule has 2 aliphatic carbocycles. The highest BCUT2D eigenvalue weighted by atomic mass is 35.5. The largest absolute Gasteiger partial charge is 0.349 e. The van der Waals surface area contributed by atoms with Gasteiger partial charge in [0.25, 0.3) is 0 Å². The van der Waals surface area contributed by atoms with Gasteiger partial charge in [0.15, 0.2) is 0 Å². The van der Waals surface area contributed by atoms with Gasteiger partial charge >= 0.3 is 0 Å². The highest BCUT2D eigenvalue weighted by Crippen LogP contribution is 2.47. The van der Waals surface area contributed by atoms with Crippen LogP contribution in [-0.2, 0) is 11.8 Å². The molecule has 0 saturated heterocycles. The third kappa shape index (κ3) is 3.89. The number of hydrogen-bond acceptors (Lipinski definition) is 4. The fourth-order valence-corrected chi connectivity index (χ4v) is 4.67. The van der Waals surface area contributed by atoms with E-state index in [9.17, 15) is 4.79 Å². The van der Waals surface area contributed by atoms with E-state index in [1.54, 1.807) is 22.9 Å². The van der Waals surface area contributed by atoms with Crippen LogP contribution in [0, 0.1) is 11.8 Å². The van der Waals surface area contributed by atoms with E-state index in [1.165, 1.54) is 5.57 Å². The summed E-state index contributed by atoms with van der Waals surface area (Å²) >= 11 is 7.54. The first-order valence-electron chi connectivity index (χ1n) is 9.34. The van der Waals surface area contributed by atoms with Crippen LogP contribution in [0.25, 0.3) is 0 Å². The Kier molecular flexibility index (Phi) is 5.34. The van der Waals surface area contributed by atoms with Crippen LogP contribution >= 0.6 is 23.4 Å². The Labute approximate surface area is 174 Å². The van der Waals surface area contributed by atoms with Crippen molar-refractivity contribution < 1.29 is 4.79 Å². The van der Waals surface area contributed by atoms with E-state index in [1.807, 2.05) is 44.2 Å². The quantitative estimate of drug-likeness (QED) is 0.731. The smallest absolute Gasteiger partial charge is 0.225 e. The predicted octanol–water partition coefficient (Wildman–Crippen LogP) is 4.31. The lowest BCUT2D eigenvalue weighted by molar-refractivity contribution is -0.130. The van der Waals surface area contributed by atoms with Crippen LogP contribution in [0.3, 0.4) is 0 Å². The van der Waals surface area contributed by atoms with Gasteiger partial charge in [-0.05, 0) is 36.5 Å². The summed E-state index contributed by atoms with van der Waals surface area (Å²) in [5.41, 5.74) is 2.36. The molecular weight excluding hydrogens is 392 g/mol. The molecule has 4 rings (SSSR count). The summed E-state index contributed by atoms with van der Waals surface area (Å²) in [7, 11) is 5.66. The van der Waals surface area contributed by atoms with Crippen LogP contribution in [0.15, 0.2) is 58.5 Å². The molecule has 0 aromatic carbocycles. The Balaban J connectivity index is 1.46. The first-order valence-corrected chi connectivity index (χ1v) is 10.5. The van der Waals surface area contributed by atoms with Gasteiger partial charge in [-0.1, -0.05) is 41.6 Å². The summed E-state index contributed by atoms with van der Waals surface area (Å²) < 4.78 is 2.04. The van der Waals surface area contributed by atoms with Crippen molar-refractivity contribution in [2.75, 3.05) is 14.1 Å². The summed E-state index contributed by atoms with van der Waals surface area (Å²) in [4.78, 5) is 22.9. The Hall–Kier alpha value is -2.05. The third-order valence-corrected chi connectivity index (χ3v) is 6.63. The van der Waals surface area contributed by atoms with E-state index in [0.717, 1.165) is 28.6 Å². The Morgan fingerprint density at radius 2 is 2.14 bits per heavy atom. The lowest BCUT2D eigenvalue weighted by Gasteiger charge is -2.17. The van der Waals surface area contributed by atoms with E-state index < -0.39 is 0 Å².